The smallest absolute Gasteiger partial charge is 0.208 e. The Kier molecular flexibility index (Phi) is 5.39. The van der Waals surface area contributed by atoms with E-state index in [0.29, 0.717) is 17.5 Å². The molecule has 0 unspecified atom stereocenters. The summed E-state index contributed by atoms with van der Waals surface area (Å²) in [5.74, 6) is 1.40. The first-order valence-corrected chi connectivity index (χ1v) is 9.99. The molecule has 4 rings (SSSR count). The lowest BCUT2D eigenvalue weighted by molar-refractivity contribution is 0.464. The van der Waals surface area contributed by atoms with Gasteiger partial charge in [-0.3, -0.25) is 5.32 Å². The van der Waals surface area contributed by atoms with Gasteiger partial charge in [-0.15, -0.1) is 11.3 Å². The summed E-state index contributed by atoms with van der Waals surface area (Å²) in [4.78, 5) is 5.68. The molecule has 1 N–H and O–H groups in total. The van der Waals surface area contributed by atoms with Crippen molar-refractivity contribution in [1.82, 2.24) is 10.3 Å². The molecule has 2 aromatic carbocycles. The summed E-state index contributed by atoms with van der Waals surface area (Å²) < 4.78 is 5.92. The van der Waals surface area contributed by atoms with Crippen molar-refractivity contribution in [2.75, 3.05) is 0 Å². The molecule has 27 heavy (non-hydrogen) atoms. The first-order valence-electron chi connectivity index (χ1n) is 8.73. The number of hydrogen-bond donors (Lipinski definition) is 1. The monoisotopic (exact) mass is 394 g/mol. The molecule has 0 aliphatic rings. The predicted molar refractivity (Wildman–Crippen MR) is 111 cm³/mol. The molecule has 0 aliphatic carbocycles. The Bertz CT molecular complexity index is 992. The SMILES string of the molecule is Cc1ccc([C@H](NCc2ncc(-c3ccc(Cl)cc3)o2)c2cccs2)cc1. The fourth-order valence-electron chi connectivity index (χ4n) is 2.93. The van der Waals surface area contributed by atoms with E-state index in [1.807, 2.05) is 24.3 Å². The van der Waals surface area contributed by atoms with Crippen LogP contribution in [0.3, 0.4) is 0 Å². The van der Waals surface area contributed by atoms with E-state index in [2.05, 4.69) is 59.0 Å². The summed E-state index contributed by atoms with van der Waals surface area (Å²) in [6, 6.07) is 20.5. The van der Waals surface area contributed by atoms with E-state index in [9.17, 15) is 0 Å². The van der Waals surface area contributed by atoms with Crippen molar-refractivity contribution in [3.05, 3.63) is 99.2 Å². The largest absolute Gasteiger partial charge is 0.439 e. The van der Waals surface area contributed by atoms with Crippen LogP contribution >= 0.6 is 22.9 Å². The Labute approximate surface area is 167 Å². The molecule has 2 heterocycles. The molecule has 0 aliphatic heterocycles. The summed E-state index contributed by atoms with van der Waals surface area (Å²) in [5.41, 5.74) is 3.45. The maximum atomic E-state index is 5.95. The second-order valence-electron chi connectivity index (χ2n) is 6.37. The van der Waals surface area contributed by atoms with Gasteiger partial charge in [0.2, 0.25) is 5.89 Å². The number of benzene rings is 2. The number of thiophene rings is 1. The number of aryl methyl sites for hydroxylation is 1. The Morgan fingerprint density at radius 3 is 2.56 bits per heavy atom. The number of rotatable bonds is 6. The van der Waals surface area contributed by atoms with Crippen LogP contribution in [-0.2, 0) is 6.54 Å². The molecule has 2 aromatic heterocycles. The van der Waals surface area contributed by atoms with Crippen LogP contribution in [-0.4, -0.2) is 4.98 Å². The number of halogens is 1. The normalized spacial score (nSPS) is 12.2. The fourth-order valence-corrected chi connectivity index (χ4v) is 3.88. The van der Waals surface area contributed by atoms with E-state index in [4.69, 9.17) is 16.0 Å². The Hall–Kier alpha value is -2.40. The van der Waals surface area contributed by atoms with E-state index in [0.717, 1.165) is 11.3 Å². The highest BCUT2D eigenvalue weighted by atomic mass is 35.5. The van der Waals surface area contributed by atoms with Crippen LogP contribution in [0.2, 0.25) is 5.02 Å². The van der Waals surface area contributed by atoms with Crippen LogP contribution in [0.25, 0.3) is 11.3 Å². The van der Waals surface area contributed by atoms with Crippen LogP contribution in [0.4, 0.5) is 0 Å². The Morgan fingerprint density at radius 1 is 1.07 bits per heavy atom. The quantitative estimate of drug-likeness (QED) is 0.420. The van der Waals surface area contributed by atoms with Crippen molar-refractivity contribution < 1.29 is 4.42 Å². The number of hydrogen-bond acceptors (Lipinski definition) is 4. The molecule has 136 valence electrons. The van der Waals surface area contributed by atoms with Gasteiger partial charge in [0.25, 0.3) is 0 Å². The van der Waals surface area contributed by atoms with Crippen LogP contribution in [0.15, 0.2) is 76.7 Å². The maximum Gasteiger partial charge on any atom is 0.208 e. The number of nitrogens with zero attached hydrogens (tertiary/aromatic N) is 1. The van der Waals surface area contributed by atoms with Gasteiger partial charge in [-0.2, -0.15) is 0 Å². The van der Waals surface area contributed by atoms with Crippen LogP contribution in [0.5, 0.6) is 0 Å². The summed E-state index contributed by atoms with van der Waals surface area (Å²) in [7, 11) is 0. The standard InChI is InChI=1S/C22H19ClN2OS/c1-15-4-6-17(7-5-15)22(20-3-2-12-27-20)25-14-21-24-13-19(26-21)16-8-10-18(23)11-9-16/h2-13,22,25H,14H2,1H3/t22-/m0/s1. The van der Waals surface area contributed by atoms with E-state index in [1.165, 1.54) is 16.0 Å². The summed E-state index contributed by atoms with van der Waals surface area (Å²) in [5, 5.41) is 6.39. The molecular formula is C22H19ClN2OS. The van der Waals surface area contributed by atoms with E-state index >= 15 is 0 Å². The van der Waals surface area contributed by atoms with Gasteiger partial charge in [-0.25, -0.2) is 4.98 Å². The van der Waals surface area contributed by atoms with Gasteiger partial charge in [-0.1, -0.05) is 47.5 Å². The molecule has 1 atom stereocenters. The van der Waals surface area contributed by atoms with E-state index in [-0.39, 0.29) is 6.04 Å². The first-order chi connectivity index (χ1) is 13.2. The van der Waals surface area contributed by atoms with Crippen molar-refractivity contribution in [3.63, 3.8) is 0 Å². The van der Waals surface area contributed by atoms with E-state index < -0.39 is 0 Å². The van der Waals surface area contributed by atoms with Crippen molar-refractivity contribution in [2.24, 2.45) is 0 Å². The third kappa shape index (κ3) is 4.30. The van der Waals surface area contributed by atoms with Gasteiger partial charge < -0.3 is 4.42 Å². The lowest BCUT2D eigenvalue weighted by atomic mass is 10.0. The third-order valence-electron chi connectivity index (χ3n) is 4.38. The van der Waals surface area contributed by atoms with Crippen molar-refractivity contribution in [1.29, 1.82) is 0 Å². The van der Waals surface area contributed by atoms with Gasteiger partial charge >= 0.3 is 0 Å². The van der Waals surface area contributed by atoms with Crippen LogP contribution < -0.4 is 5.32 Å². The van der Waals surface area contributed by atoms with E-state index in [1.54, 1.807) is 17.5 Å². The Morgan fingerprint density at radius 2 is 1.85 bits per heavy atom. The van der Waals surface area contributed by atoms with Crippen molar-refractivity contribution in [3.8, 4) is 11.3 Å². The minimum Gasteiger partial charge on any atom is -0.439 e. The number of aromatic nitrogens is 1. The topological polar surface area (TPSA) is 38.1 Å². The highest BCUT2D eigenvalue weighted by Crippen LogP contribution is 2.27. The highest BCUT2D eigenvalue weighted by Gasteiger charge is 2.16. The maximum absolute atomic E-state index is 5.95. The molecule has 0 amide bonds. The van der Waals surface area contributed by atoms with Crippen molar-refractivity contribution >= 4 is 22.9 Å². The summed E-state index contributed by atoms with van der Waals surface area (Å²) >= 11 is 7.69. The molecule has 0 saturated heterocycles. The Balaban J connectivity index is 1.51. The average Bonchev–Trinajstić information content (AvgIpc) is 3.36. The molecule has 0 radical (unpaired) electrons. The highest BCUT2D eigenvalue weighted by molar-refractivity contribution is 7.10. The number of nitrogens with one attached hydrogen (secondary N) is 1. The minimum atomic E-state index is 0.108. The van der Waals surface area contributed by atoms with Gasteiger partial charge in [0, 0.05) is 15.5 Å². The second kappa shape index (κ2) is 8.09. The predicted octanol–water partition coefficient (Wildman–Crippen LogP) is 6.24. The summed E-state index contributed by atoms with van der Waals surface area (Å²) in [6.07, 6.45) is 1.76. The lowest BCUT2D eigenvalue weighted by Gasteiger charge is -2.17. The van der Waals surface area contributed by atoms with Gasteiger partial charge in [-0.05, 0) is 48.2 Å². The fraction of sp³-hybridized carbons (Fsp3) is 0.136. The molecule has 0 bridgehead atoms. The molecule has 4 aromatic rings. The van der Waals surface area contributed by atoms with Crippen LogP contribution in [0.1, 0.15) is 27.9 Å². The number of oxazole rings is 1. The third-order valence-corrected chi connectivity index (χ3v) is 5.57. The first kappa shape index (κ1) is 18.0. The lowest BCUT2D eigenvalue weighted by Crippen LogP contribution is -2.21. The molecule has 3 nitrogen and oxygen atoms in total. The minimum absolute atomic E-state index is 0.108. The molecule has 0 fully saturated rings. The average molecular weight is 395 g/mol. The van der Waals surface area contributed by atoms with Gasteiger partial charge in [0.15, 0.2) is 5.76 Å². The van der Waals surface area contributed by atoms with Gasteiger partial charge in [0.05, 0.1) is 18.8 Å². The zero-order valence-electron chi connectivity index (χ0n) is 14.9. The summed E-state index contributed by atoms with van der Waals surface area (Å²) in [6.45, 7) is 2.65. The zero-order chi connectivity index (χ0) is 18.6. The van der Waals surface area contributed by atoms with Crippen LogP contribution in [0, 0.1) is 6.92 Å². The van der Waals surface area contributed by atoms with Crippen molar-refractivity contribution in [2.45, 2.75) is 19.5 Å². The molecular weight excluding hydrogens is 376 g/mol. The van der Waals surface area contributed by atoms with Gasteiger partial charge in [0.1, 0.15) is 0 Å². The zero-order valence-corrected chi connectivity index (χ0v) is 16.4. The molecule has 0 spiro atoms. The molecule has 0 saturated carbocycles. The second-order valence-corrected chi connectivity index (χ2v) is 7.78. The molecule has 5 heteroatoms.